The molecule has 0 aliphatic heterocycles. The molecule has 0 aromatic carbocycles. The van der Waals surface area contributed by atoms with Crippen LogP contribution in [0.25, 0.3) is 0 Å². The molecule has 18 heavy (non-hydrogen) atoms. The Morgan fingerprint density at radius 3 is 2.33 bits per heavy atom. The van der Waals surface area contributed by atoms with Crippen molar-refractivity contribution in [3.8, 4) is 0 Å². The normalized spacial score (nSPS) is 10.5. The summed E-state index contributed by atoms with van der Waals surface area (Å²) in [6, 6.07) is 0. The predicted octanol–water partition coefficient (Wildman–Crippen LogP) is -2.23. The Balaban J connectivity index is 4.07. The van der Waals surface area contributed by atoms with Crippen molar-refractivity contribution in [2.45, 2.75) is 6.92 Å². The molecule has 10 nitrogen and oxygen atoms in total. The summed E-state index contributed by atoms with van der Waals surface area (Å²) in [4.78, 5) is 31.8. The molecule has 4 N–H and O–H groups in total. The third-order valence-corrected chi connectivity index (χ3v) is 2.31. The number of amides is 2. The lowest BCUT2D eigenvalue weighted by Crippen LogP contribution is -2.45. The molecule has 0 aliphatic rings. The Morgan fingerprint density at radius 2 is 1.83 bits per heavy atom. The smallest absolute Gasteiger partial charge is 0.421 e. The molecule has 0 heterocycles. The van der Waals surface area contributed by atoms with Crippen LogP contribution in [0.1, 0.15) is 6.92 Å². The molecular formula is C7H13N3O7S. The predicted molar refractivity (Wildman–Crippen MR) is 57.7 cm³/mol. The van der Waals surface area contributed by atoms with E-state index in [1.54, 1.807) is 4.72 Å². The van der Waals surface area contributed by atoms with Crippen LogP contribution in [0.4, 0.5) is 4.79 Å². The minimum absolute atomic E-state index is 0.0134. The van der Waals surface area contributed by atoms with E-state index in [1.807, 2.05) is 5.32 Å². The first-order valence-corrected chi connectivity index (χ1v) is 6.17. The van der Waals surface area contributed by atoms with Crippen LogP contribution in [0.2, 0.25) is 0 Å². The van der Waals surface area contributed by atoms with Gasteiger partial charge in [-0.25, -0.2) is 9.52 Å². The third-order valence-electron chi connectivity index (χ3n) is 1.35. The van der Waals surface area contributed by atoms with Gasteiger partial charge in [-0.2, -0.15) is 13.1 Å². The van der Waals surface area contributed by atoms with E-state index in [-0.39, 0.29) is 6.61 Å². The summed E-state index contributed by atoms with van der Waals surface area (Å²) in [6.45, 7) is 0.132. The van der Waals surface area contributed by atoms with Crippen molar-refractivity contribution < 1.29 is 32.6 Å². The number of hydrogen-bond acceptors (Lipinski definition) is 6. The van der Waals surface area contributed by atoms with Crippen LogP contribution in [0.15, 0.2) is 0 Å². The monoisotopic (exact) mass is 283 g/mol. The van der Waals surface area contributed by atoms with Gasteiger partial charge in [0.05, 0.1) is 13.2 Å². The molecular weight excluding hydrogens is 270 g/mol. The summed E-state index contributed by atoms with van der Waals surface area (Å²) in [5.41, 5.74) is 0. The van der Waals surface area contributed by atoms with Crippen molar-refractivity contribution in [3.63, 3.8) is 0 Å². The largest absolute Gasteiger partial charge is 0.480 e. The van der Waals surface area contributed by atoms with Gasteiger partial charge in [-0.1, -0.05) is 0 Å². The Hall–Kier alpha value is -1.88. The van der Waals surface area contributed by atoms with Gasteiger partial charge in [0, 0.05) is 0 Å². The van der Waals surface area contributed by atoms with Gasteiger partial charge in [-0.3, -0.25) is 9.59 Å². The maximum atomic E-state index is 11.1. The highest BCUT2D eigenvalue weighted by Crippen LogP contribution is 1.82. The summed E-state index contributed by atoms with van der Waals surface area (Å²) in [7, 11) is -4.22. The maximum Gasteiger partial charge on any atom is 0.421 e. The second-order valence-electron chi connectivity index (χ2n) is 2.82. The zero-order valence-corrected chi connectivity index (χ0v) is 10.2. The van der Waals surface area contributed by atoms with E-state index >= 15 is 0 Å². The van der Waals surface area contributed by atoms with Crippen molar-refractivity contribution in [2.24, 2.45) is 0 Å². The Labute approximate surface area is 103 Å². The highest BCUT2D eigenvalue weighted by Gasteiger charge is 2.16. The average molecular weight is 283 g/mol. The van der Waals surface area contributed by atoms with Crippen LogP contribution in [0.5, 0.6) is 0 Å². The van der Waals surface area contributed by atoms with Crippen molar-refractivity contribution >= 4 is 28.2 Å². The van der Waals surface area contributed by atoms with Crippen LogP contribution < -0.4 is 14.8 Å². The highest BCUT2D eigenvalue weighted by molar-refractivity contribution is 7.88. The van der Waals surface area contributed by atoms with Crippen LogP contribution in [0, 0.1) is 0 Å². The number of ether oxygens (including phenoxy) is 1. The number of carbonyl (C=O) groups excluding carboxylic acids is 2. The number of rotatable bonds is 7. The molecule has 0 aliphatic carbocycles. The second-order valence-corrected chi connectivity index (χ2v) is 4.32. The number of carbonyl (C=O) groups is 3. The molecule has 0 rings (SSSR count). The number of carboxylic acids is 1. The third kappa shape index (κ3) is 8.29. The van der Waals surface area contributed by atoms with Gasteiger partial charge in [0.2, 0.25) is 5.91 Å². The van der Waals surface area contributed by atoms with Gasteiger partial charge in [-0.15, -0.1) is 0 Å². The molecule has 0 radical (unpaired) electrons. The molecule has 0 saturated heterocycles. The molecule has 0 fully saturated rings. The van der Waals surface area contributed by atoms with Gasteiger partial charge in [0.25, 0.3) is 0 Å². The van der Waals surface area contributed by atoms with Gasteiger partial charge in [-0.05, 0) is 6.92 Å². The quantitative estimate of drug-likeness (QED) is 0.412. The van der Waals surface area contributed by atoms with E-state index in [4.69, 9.17) is 5.11 Å². The molecule has 104 valence electrons. The van der Waals surface area contributed by atoms with E-state index in [0.29, 0.717) is 0 Å². The fourth-order valence-electron chi connectivity index (χ4n) is 0.704. The SMILES string of the molecule is CCOC(=O)NS(=O)(=O)NCC(=O)NCC(=O)O. The van der Waals surface area contributed by atoms with Gasteiger partial charge in [0.1, 0.15) is 6.54 Å². The van der Waals surface area contributed by atoms with Gasteiger partial charge >= 0.3 is 22.3 Å². The highest BCUT2D eigenvalue weighted by atomic mass is 32.2. The average Bonchev–Trinajstić information content (AvgIpc) is 2.23. The van der Waals surface area contributed by atoms with Crippen molar-refractivity contribution in [2.75, 3.05) is 19.7 Å². The zero-order chi connectivity index (χ0) is 14.2. The summed E-state index contributed by atoms with van der Waals surface area (Å²) in [6.07, 6.45) is -1.18. The minimum atomic E-state index is -4.22. The molecule has 0 unspecified atom stereocenters. The fourth-order valence-corrected chi connectivity index (χ4v) is 1.38. The summed E-state index contributed by atoms with van der Waals surface area (Å²) in [5, 5.41) is 10.2. The molecule has 0 bridgehead atoms. The Kier molecular flexibility index (Phi) is 6.67. The first-order chi connectivity index (χ1) is 8.26. The number of hydrogen-bond donors (Lipinski definition) is 4. The molecule has 0 atom stereocenters. The number of nitrogens with one attached hydrogen (secondary N) is 3. The molecule has 2 amide bonds. The second kappa shape index (κ2) is 7.45. The maximum absolute atomic E-state index is 11.1. The van der Waals surface area contributed by atoms with Crippen LogP contribution in [-0.4, -0.2) is 51.2 Å². The van der Waals surface area contributed by atoms with E-state index in [2.05, 4.69) is 4.74 Å². The molecule has 0 aromatic rings. The summed E-state index contributed by atoms with van der Waals surface area (Å²) in [5.74, 6) is -2.12. The lowest BCUT2D eigenvalue weighted by atomic mass is 10.5. The Bertz CT molecular complexity index is 419. The molecule has 0 spiro atoms. The first-order valence-electron chi connectivity index (χ1n) is 4.69. The lowest BCUT2D eigenvalue weighted by Gasteiger charge is -2.07. The van der Waals surface area contributed by atoms with Crippen LogP contribution >= 0.6 is 0 Å². The van der Waals surface area contributed by atoms with Crippen LogP contribution in [0.3, 0.4) is 0 Å². The standard InChI is InChI=1S/C7H13N3O7S/c1-2-17-7(14)10-18(15,16)9-3-5(11)8-4-6(12)13/h9H,2-4H2,1H3,(H,8,11)(H,10,14)(H,12,13). The molecule has 0 aromatic heterocycles. The fraction of sp³-hybridized carbons (Fsp3) is 0.571. The zero-order valence-electron chi connectivity index (χ0n) is 9.43. The lowest BCUT2D eigenvalue weighted by molar-refractivity contribution is -0.137. The van der Waals surface area contributed by atoms with Crippen molar-refractivity contribution in [1.82, 2.24) is 14.8 Å². The van der Waals surface area contributed by atoms with Crippen LogP contribution in [-0.2, 0) is 24.5 Å². The Morgan fingerprint density at radius 1 is 1.22 bits per heavy atom. The molecule has 11 heteroatoms. The number of carboxylic acid groups (broad SMARTS) is 1. The van der Waals surface area contributed by atoms with E-state index < -0.39 is 41.3 Å². The topological polar surface area (TPSA) is 151 Å². The summed E-state index contributed by atoms with van der Waals surface area (Å²) < 4.78 is 29.8. The number of aliphatic carboxylic acids is 1. The van der Waals surface area contributed by atoms with Crippen molar-refractivity contribution in [3.05, 3.63) is 0 Å². The van der Waals surface area contributed by atoms with E-state index in [1.165, 1.54) is 11.6 Å². The van der Waals surface area contributed by atoms with E-state index in [9.17, 15) is 22.8 Å². The minimum Gasteiger partial charge on any atom is -0.480 e. The van der Waals surface area contributed by atoms with Gasteiger partial charge in [0.15, 0.2) is 0 Å². The summed E-state index contributed by atoms with van der Waals surface area (Å²) >= 11 is 0. The van der Waals surface area contributed by atoms with E-state index in [0.717, 1.165) is 0 Å². The van der Waals surface area contributed by atoms with Crippen molar-refractivity contribution in [1.29, 1.82) is 0 Å². The first kappa shape index (κ1) is 16.1. The van der Waals surface area contributed by atoms with Gasteiger partial charge < -0.3 is 15.2 Å². The molecule has 0 saturated carbocycles.